The Balaban J connectivity index is 1.50. The van der Waals surface area contributed by atoms with E-state index in [9.17, 15) is 4.79 Å². The van der Waals surface area contributed by atoms with Crippen LogP contribution in [0.1, 0.15) is 22.6 Å². The predicted molar refractivity (Wildman–Crippen MR) is 133 cm³/mol. The van der Waals surface area contributed by atoms with Crippen LogP contribution >= 0.6 is 23.4 Å². The highest BCUT2D eigenvalue weighted by atomic mass is 35.5. The van der Waals surface area contributed by atoms with E-state index in [-0.39, 0.29) is 5.91 Å². The minimum absolute atomic E-state index is 0.0567. The molecule has 2 heterocycles. The standard InChI is InChI=1S/C25H25ClN4O2S/c1-17-23(18(2)32-28-17)15-33-16-24(31)29(3)13-20-14-30(22-7-5-4-6-8-22)27-25(20)19-9-11-21(26)12-10-19/h4-12,14H,13,15-16H2,1-3H3. The van der Waals surface area contributed by atoms with Gasteiger partial charge in [0.05, 0.1) is 22.8 Å². The molecule has 0 aliphatic heterocycles. The molecule has 0 aliphatic carbocycles. The third-order valence-corrected chi connectivity index (χ3v) is 6.61. The van der Waals surface area contributed by atoms with Gasteiger partial charge in [0, 0.05) is 47.3 Å². The molecule has 0 fully saturated rings. The molecular weight excluding hydrogens is 456 g/mol. The predicted octanol–water partition coefficient (Wildman–Crippen LogP) is 5.69. The first-order valence-electron chi connectivity index (χ1n) is 10.6. The summed E-state index contributed by atoms with van der Waals surface area (Å²) in [6.07, 6.45) is 1.99. The Hall–Kier alpha value is -3.03. The van der Waals surface area contributed by atoms with Gasteiger partial charge in [-0.2, -0.15) is 5.10 Å². The number of rotatable bonds is 8. The summed E-state index contributed by atoms with van der Waals surface area (Å²) in [6, 6.07) is 17.5. The van der Waals surface area contributed by atoms with Crippen LogP contribution in [0.4, 0.5) is 0 Å². The van der Waals surface area contributed by atoms with Crippen LogP contribution in [0.2, 0.25) is 5.02 Å². The van der Waals surface area contributed by atoms with Crippen molar-refractivity contribution < 1.29 is 9.32 Å². The van der Waals surface area contributed by atoms with Gasteiger partial charge in [0.15, 0.2) is 0 Å². The molecule has 0 bridgehead atoms. The van der Waals surface area contributed by atoms with Crippen molar-refractivity contribution in [1.82, 2.24) is 19.8 Å². The van der Waals surface area contributed by atoms with E-state index < -0.39 is 0 Å². The molecule has 1 amide bonds. The quantitative estimate of drug-likeness (QED) is 0.324. The summed E-state index contributed by atoms with van der Waals surface area (Å²) in [5, 5.41) is 9.47. The number of nitrogens with zero attached hydrogens (tertiary/aromatic N) is 4. The number of hydrogen-bond acceptors (Lipinski definition) is 5. The number of halogens is 1. The molecule has 2 aromatic heterocycles. The normalized spacial score (nSPS) is 11.0. The van der Waals surface area contributed by atoms with E-state index in [0.717, 1.165) is 39.5 Å². The topological polar surface area (TPSA) is 64.2 Å². The average Bonchev–Trinajstić information content (AvgIpc) is 3.38. The van der Waals surface area contributed by atoms with Gasteiger partial charge in [-0.05, 0) is 38.1 Å². The first-order valence-corrected chi connectivity index (χ1v) is 12.1. The van der Waals surface area contributed by atoms with E-state index in [2.05, 4.69) is 5.16 Å². The van der Waals surface area contributed by atoms with Crippen molar-refractivity contribution in [2.24, 2.45) is 0 Å². The molecule has 33 heavy (non-hydrogen) atoms. The Morgan fingerprint density at radius 2 is 1.85 bits per heavy atom. The van der Waals surface area contributed by atoms with E-state index in [1.807, 2.05) is 86.4 Å². The average molecular weight is 481 g/mol. The van der Waals surface area contributed by atoms with E-state index in [4.69, 9.17) is 21.2 Å². The van der Waals surface area contributed by atoms with Gasteiger partial charge in [0.1, 0.15) is 5.76 Å². The van der Waals surface area contributed by atoms with Crippen molar-refractivity contribution in [2.45, 2.75) is 26.1 Å². The molecule has 0 saturated carbocycles. The fraction of sp³-hybridized carbons (Fsp3) is 0.240. The second kappa shape index (κ2) is 10.3. The fourth-order valence-corrected chi connectivity index (χ4v) is 4.73. The summed E-state index contributed by atoms with van der Waals surface area (Å²) in [5.41, 5.74) is 5.65. The first kappa shape index (κ1) is 23.1. The van der Waals surface area contributed by atoms with E-state index >= 15 is 0 Å². The summed E-state index contributed by atoms with van der Waals surface area (Å²) in [6.45, 7) is 4.27. The summed E-state index contributed by atoms with van der Waals surface area (Å²) in [7, 11) is 1.82. The fourth-order valence-electron chi connectivity index (χ4n) is 3.49. The minimum atomic E-state index is 0.0567. The largest absolute Gasteiger partial charge is 0.361 e. The maximum atomic E-state index is 12.8. The van der Waals surface area contributed by atoms with Crippen molar-refractivity contribution in [3.8, 4) is 16.9 Å². The van der Waals surface area contributed by atoms with Gasteiger partial charge in [-0.15, -0.1) is 11.8 Å². The Morgan fingerprint density at radius 3 is 2.52 bits per heavy atom. The molecular formula is C25H25ClN4O2S. The maximum absolute atomic E-state index is 12.8. The lowest BCUT2D eigenvalue weighted by molar-refractivity contribution is -0.127. The van der Waals surface area contributed by atoms with Crippen molar-refractivity contribution >= 4 is 29.3 Å². The molecule has 6 nitrogen and oxygen atoms in total. The number of aromatic nitrogens is 3. The lowest BCUT2D eigenvalue weighted by Gasteiger charge is -2.17. The summed E-state index contributed by atoms with van der Waals surface area (Å²) >= 11 is 7.64. The van der Waals surface area contributed by atoms with Gasteiger partial charge < -0.3 is 9.42 Å². The lowest BCUT2D eigenvalue weighted by atomic mass is 10.1. The lowest BCUT2D eigenvalue weighted by Crippen LogP contribution is -2.28. The summed E-state index contributed by atoms with van der Waals surface area (Å²) < 4.78 is 7.06. The van der Waals surface area contributed by atoms with Crippen molar-refractivity contribution in [1.29, 1.82) is 0 Å². The number of thioether (sulfide) groups is 1. The molecule has 0 radical (unpaired) electrons. The zero-order valence-corrected chi connectivity index (χ0v) is 20.4. The van der Waals surface area contributed by atoms with Crippen molar-refractivity contribution in [3.05, 3.63) is 88.4 Å². The van der Waals surface area contributed by atoms with Gasteiger partial charge in [-0.25, -0.2) is 4.68 Å². The monoisotopic (exact) mass is 480 g/mol. The summed E-state index contributed by atoms with van der Waals surface area (Å²) in [4.78, 5) is 14.6. The highest BCUT2D eigenvalue weighted by molar-refractivity contribution is 7.99. The Labute approximate surface area is 202 Å². The first-order chi connectivity index (χ1) is 15.9. The summed E-state index contributed by atoms with van der Waals surface area (Å²) in [5.74, 6) is 1.94. The SMILES string of the molecule is Cc1noc(C)c1CSCC(=O)N(C)Cc1cn(-c2ccccc2)nc1-c1ccc(Cl)cc1. The van der Waals surface area contributed by atoms with Crippen LogP contribution in [0.3, 0.4) is 0 Å². The Morgan fingerprint density at radius 1 is 1.12 bits per heavy atom. The van der Waals surface area contributed by atoms with Crippen LogP contribution in [-0.4, -0.2) is 38.5 Å². The number of para-hydroxylation sites is 1. The molecule has 8 heteroatoms. The zero-order chi connectivity index (χ0) is 23.4. The van der Waals surface area contributed by atoms with Crippen LogP contribution in [0.5, 0.6) is 0 Å². The van der Waals surface area contributed by atoms with E-state index in [1.165, 1.54) is 0 Å². The number of carbonyl (C=O) groups is 1. The second-order valence-electron chi connectivity index (χ2n) is 7.84. The van der Waals surface area contributed by atoms with Gasteiger partial charge in [0.25, 0.3) is 0 Å². The molecule has 0 aliphatic rings. The number of amides is 1. The highest BCUT2D eigenvalue weighted by Crippen LogP contribution is 2.26. The highest BCUT2D eigenvalue weighted by Gasteiger charge is 2.18. The molecule has 0 unspecified atom stereocenters. The Bertz CT molecular complexity index is 1220. The smallest absolute Gasteiger partial charge is 0.232 e. The third kappa shape index (κ3) is 5.49. The second-order valence-corrected chi connectivity index (χ2v) is 9.26. The molecule has 0 N–H and O–H groups in total. The molecule has 2 aromatic carbocycles. The van der Waals surface area contributed by atoms with Crippen LogP contribution in [0, 0.1) is 13.8 Å². The van der Waals surface area contributed by atoms with Crippen LogP contribution in [0.15, 0.2) is 65.3 Å². The Kier molecular flexibility index (Phi) is 7.20. The third-order valence-electron chi connectivity index (χ3n) is 5.41. The van der Waals surface area contributed by atoms with Crippen LogP contribution < -0.4 is 0 Å². The molecule has 4 aromatic rings. The number of benzene rings is 2. The van der Waals surface area contributed by atoms with Gasteiger partial charge in [-0.3, -0.25) is 4.79 Å². The van der Waals surface area contributed by atoms with Crippen molar-refractivity contribution in [3.63, 3.8) is 0 Å². The maximum Gasteiger partial charge on any atom is 0.232 e. The zero-order valence-electron chi connectivity index (χ0n) is 18.8. The van der Waals surface area contributed by atoms with Gasteiger partial charge in [-0.1, -0.05) is 47.1 Å². The molecule has 4 rings (SSSR count). The minimum Gasteiger partial charge on any atom is -0.361 e. The van der Waals surface area contributed by atoms with Gasteiger partial charge >= 0.3 is 0 Å². The number of aryl methyl sites for hydroxylation is 2. The van der Waals surface area contributed by atoms with E-state index in [1.54, 1.807) is 16.7 Å². The van der Waals surface area contributed by atoms with Crippen LogP contribution in [0.25, 0.3) is 16.9 Å². The van der Waals surface area contributed by atoms with Crippen LogP contribution in [-0.2, 0) is 17.1 Å². The molecule has 0 saturated heterocycles. The number of hydrogen-bond donors (Lipinski definition) is 0. The van der Waals surface area contributed by atoms with E-state index in [0.29, 0.717) is 23.1 Å². The number of carbonyl (C=O) groups excluding carboxylic acids is 1. The van der Waals surface area contributed by atoms with Crippen molar-refractivity contribution in [2.75, 3.05) is 12.8 Å². The molecule has 0 atom stereocenters. The van der Waals surface area contributed by atoms with Gasteiger partial charge in [0.2, 0.25) is 5.91 Å². The molecule has 170 valence electrons. The molecule has 0 spiro atoms.